The molecular formula is C18H28IN3. The summed E-state index contributed by atoms with van der Waals surface area (Å²) in [4.78, 5) is 4.40. The van der Waals surface area contributed by atoms with Crippen LogP contribution in [0.1, 0.15) is 50.5 Å². The van der Waals surface area contributed by atoms with Gasteiger partial charge in [-0.05, 0) is 31.2 Å². The Bertz CT molecular complexity index is 476. The van der Waals surface area contributed by atoms with E-state index in [2.05, 4.69) is 46.0 Å². The molecule has 0 radical (unpaired) electrons. The molecular weight excluding hydrogens is 385 g/mol. The molecule has 3 rings (SSSR count). The van der Waals surface area contributed by atoms with E-state index in [0.29, 0.717) is 11.5 Å². The third-order valence-electron chi connectivity index (χ3n) is 5.00. The summed E-state index contributed by atoms with van der Waals surface area (Å²) in [5, 5.41) is 7.15. The van der Waals surface area contributed by atoms with Crippen LogP contribution in [0.4, 0.5) is 0 Å². The van der Waals surface area contributed by atoms with Crippen LogP contribution in [-0.2, 0) is 5.41 Å². The number of aliphatic imine (C=N–C) groups is 1. The van der Waals surface area contributed by atoms with Gasteiger partial charge in [0.05, 0.1) is 0 Å². The summed E-state index contributed by atoms with van der Waals surface area (Å²) < 4.78 is 0. The highest BCUT2D eigenvalue weighted by molar-refractivity contribution is 14.0. The van der Waals surface area contributed by atoms with E-state index in [1.54, 1.807) is 0 Å². The van der Waals surface area contributed by atoms with Crippen molar-refractivity contribution in [1.29, 1.82) is 0 Å². The first kappa shape index (κ1) is 17.6. The Morgan fingerprint density at radius 1 is 1.14 bits per heavy atom. The van der Waals surface area contributed by atoms with Gasteiger partial charge in [0, 0.05) is 25.0 Å². The van der Waals surface area contributed by atoms with Crippen molar-refractivity contribution >= 4 is 29.9 Å². The minimum atomic E-state index is 0. The highest BCUT2D eigenvalue weighted by Gasteiger charge is 2.44. The van der Waals surface area contributed by atoms with Gasteiger partial charge in [-0.3, -0.25) is 4.99 Å². The molecule has 0 aromatic heterocycles. The maximum atomic E-state index is 4.40. The fourth-order valence-corrected chi connectivity index (χ4v) is 3.40. The minimum Gasteiger partial charge on any atom is -0.356 e. The van der Waals surface area contributed by atoms with E-state index in [1.807, 2.05) is 7.05 Å². The second-order valence-electron chi connectivity index (χ2n) is 6.55. The van der Waals surface area contributed by atoms with E-state index in [-0.39, 0.29) is 24.0 Å². The monoisotopic (exact) mass is 413 g/mol. The molecule has 2 aliphatic rings. The van der Waals surface area contributed by atoms with E-state index in [4.69, 9.17) is 0 Å². The largest absolute Gasteiger partial charge is 0.356 e. The molecule has 0 amide bonds. The molecule has 22 heavy (non-hydrogen) atoms. The summed E-state index contributed by atoms with van der Waals surface area (Å²) in [6.45, 7) is 0.989. The smallest absolute Gasteiger partial charge is 0.191 e. The van der Waals surface area contributed by atoms with Crippen molar-refractivity contribution in [3.05, 3.63) is 35.9 Å². The predicted molar refractivity (Wildman–Crippen MR) is 104 cm³/mol. The zero-order valence-electron chi connectivity index (χ0n) is 13.5. The molecule has 0 heterocycles. The molecule has 2 aliphatic carbocycles. The first-order chi connectivity index (χ1) is 10.3. The van der Waals surface area contributed by atoms with Crippen molar-refractivity contribution in [1.82, 2.24) is 10.6 Å². The topological polar surface area (TPSA) is 36.4 Å². The second-order valence-corrected chi connectivity index (χ2v) is 6.55. The van der Waals surface area contributed by atoms with Gasteiger partial charge in [0.15, 0.2) is 5.96 Å². The number of hydrogen-bond acceptors (Lipinski definition) is 1. The number of nitrogens with one attached hydrogen (secondary N) is 2. The third-order valence-corrected chi connectivity index (χ3v) is 5.00. The number of benzene rings is 1. The zero-order chi connectivity index (χ0) is 14.5. The van der Waals surface area contributed by atoms with Crippen molar-refractivity contribution in [2.45, 2.75) is 56.4 Å². The Kier molecular flexibility index (Phi) is 6.53. The molecule has 4 heteroatoms. The molecule has 3 nitrogen and oxygen atoms in total. The summed E-state index contributed by atoms with van der Waals surface area (Å²) in [6, 6.07) is 11.5. The normalized spacial score (nSPS) is 20.9. The number of rotatable bonds is 4. The summed E-state index contributed by atoms with van der Waals surface area (Å²) >= 11 is 0. The fourth-order valence-electron chi connectivity index (χ4n) is 3.40. The quantitative estimate of drug-likeness (QED) is 0.447. The fraction of sp³-hybridized carbons (Fsp3) is 0.611. The Morgan fingerprint density at radius 3 is 2.41 bits per heavy atom. The zero-order valence-corrected chi connectivity index (χ0v) is 15.8. The summed E-state index contributed by atoms with van der Waals surface area (Å²) in [7, 11) is 1.88. The van der Waals surface area contributed by atoms with E-state index in [9.17, 15) is 0 Å². The van der Waals surface area contributed by atoms with Crippen LogP contribution >= 0.6 is 24.0 Å². The number of halogens is 1. The Labute approximate surface area is 151 Å². The Balaban J connectivity index is 0.00000176. The molecule has 0 unspecified atom stereocenters. The molecule has 0 aliphatic heterocycles. The van der Waals surface area contributed by atoms with Crippen molar-refractivity contribution < 1.29 is 0 Å². The van der Waals surface area contributed by atoms with Crippen LogP contribution in [0.5, 0.6) is 0 Å². The standard InChI is InChI=1S/C18H27N3.HI/c1-19-17(21-16-10-6-3-7-11-16)20-14-18(12-13-18)15-8-4-2-5-9-15;/h2,4-5,8-9,16H,3,6-7,10-14H2,1H3,(H2,19,20,21);1H. The average Bonchev–Trinajstić information content (AvgIpc) is 3.34. The molecule has 1 aromatic carbocycles. The van der Waals surface area contributed by atoms with Gasteiger partial charge >= 0.3 is 0 Å². The maximum absolute atomic E-state index is 4.40. The molecule has 2 N–H and O–H groups in total. The van der Waals surface area contributed by atoms with Gasteiger partial charge in [-0.2, -0.15) is 0 Å². The van der Waals surface area contributed by atoms with Crippen LogP contribution in [0.2, 0.25) is 0 Å². The van der Waals surface area contributed by atoms with E-state index in [1.165, 1.54) is 50.5 Å². The molecule has 2 fully saturated rings. The molecule has 0 spiro atoms. The molecule has 2 saturated carbocycles. The lowest BCUT2D eigenvalue weighted by Gasteiger charge is -2.26. The number of nitrogens with zero attached hydrogens (tertiary/aromatic N) is 1. The predicted octanol–water partition coefficient (Wildman–Crippen LogP) is 3.83. The van der Waals surface area contributed by atoms with Crippen LogP contribution in [-0.4, -0.2) is 25.6 Å². The average molecular weight is 413 g/mol. The van der Waals surface area contributed by atoms with Gasteiger partial charge in [-0.15, -0.1) is 24.0 Å². The lowest BCUT2D eigenvalue weighted by atomic mass is 9.95. The van der Waals surface area contributed by atoms with Gasteiger partial charge in [0.2, 0.25) is 0 Å². The van der Waals surface area contributed by atoms with E-state index >= 15 is 0 Å². The van der Waals surface area contributed by atoms with Crippen molar-refractivity contribution in [3.63, 3.8) is 0 Å². The maximum Gasteiger partial charge on any atom is 0.191 e. The Hall–Kier alpha value is -0.780. The summed E-state index contributed by atoms with van der Waals surface area (Å²) in [5.41, 5.74) is 1.80. The van der Waals surface area contributed by atoms with Gasteiger partial charge < -0.3 is 10.6 Å². The summed E-state index contributed by atoms with van der Waals surface area (Å²) in [6.07, 6.45) is 9.22. The lowest BCUT2D eigenvalue weighted by molar-refractivity contribution is 0.409. The van der Waals surface area contributed by atoms with Gasteiger partial charge in [0.1, 0.15) is 0 Å². The van der Waals surface area contributed by atoms with Crippen molar-refractivity contribution in [2.24, 2.45) is 4.99 Å². The summed E-state index contributed by atoms with van der Waals surface area (Å²) in [5.74, 6) is 0.976. The van der Waals surface area contributed by atoms with Crippen LogP contribution in [0.3, 0.4) is 0 Å². The second kappa shape index (κ2) is 8.18. The molecule has 0 bridgehead atoms. The van der Waals surface area contributed by atoms with Crippen molar-refractivity contribution in [2.75, 3.05) is 13.6 Å². The first-order valence-electron chi connectivity index (χ1n) is 8.35. The highest BCUT2D eigenvalue weighted by atomic mass is 127. The first-order valence-corrected chi connectivity index (χ1v) is 8.35. The minimum absolute atomic E-state index is 0. The van der Waals surface area contributed by atoms with Gasteiger partial charge in [-0.1, -0.05) is 49.6 Å². The number of hydrogen-bond donors (Lipinski definition) is 2. The highest BCUT2D eigenvalue weighted by Crippen LogP contribution is 2.47. The van der Waals surface area contributed by atoms with Crippen LogP contribution in [0.15, 0.2) is 35.3 Å². The van der Waals surface area contributed by atoms with E-state index < -0.39 is 0 Å². The Morgan fingerprint density at radius 2 is 1.82 bits per heavy atom. The van der Waals surface area contributed by atoms with E-state index in [0.717, 1.165) is 12.5 Å². The number of guanidine groups is 1. The molecule has 0 atom stereocenters. The van der Waals surface area contributed by atoms with Crippen LogP contribution in [0.25, 0.3) is 0 Å². The van der Waals surface area contributed by atoms with Crippen molar-refractivity contribution in [3.8, 4) is 0 Å². The van der Waals surface area contributed by atoms with Gasteiger partial charge in [0.25, 0.3) is 0 Å². The molecule has 0 saturated heterocycles. The van der Waals surface area contributed by atoms with Crippen LogP contribution in [0, 0.1) is 0 Å². The SMILES string of the molecule is CN=C(NCC1(c2ccccc2)CC1)NC1CCCCC1.I. The third kappa shape index (κ3) is 4.37. The van der Waals surface area contributed by atoms with Gasteiger partial charge in [-0.25, -0.2) is 0 Å². The molecule has 1 aromatic rings. The molecule has 122 valence electrons. The van der Waals surface area contributed by atoms with Crippen LogP contribution < -0.4 is 10.6 Å². The lowest BCUT2D eigenvalue weighted by Crippen LogP contribution is -2.46.